The lowest BCUT2D eigenvalue weighted by Crippen LogP contribution is -2.51. The molecule has 7 heteroatoms. The molecule has 1 saturated heterocycles. The van der Waals surface area contributed by atoms with Gasteiger partial charge in [0, 0.05) is 6.54 Å². The van der Waals surface area contributed by atoms with Crippen LogP contribution in [-0.4, -0.2) is 49.9 Å². The van der Waals surface area contributed by atoms with Crippen LogP contribution < -0.4 is 4.74 Å². The third-order valence-corrected chi connectivity index (χ3v) is 3.37. The van der Waals surface area contributed by atoms with Crippen LogP contribution in [0.5, 0.6) is 5.75 Å². The third kappa shape index (κ3) is 3.29. The summed E-state index contributed by atoms with van der Waals surface area (Å²) in [4.78, 5) is 13.6. The summed E-state index contributed by atoms with van der Waals surface area (Å²) < 4.78 is 48.0. The van der Waals surface area contributed by atoms with Crippen molar-refractivity contribution in [3.8, 4) is 5.75 Å². The molecule has 1 heterocycles. The van der Waals surface area contributed by atoms with Gasteiger partial charge in [-0.3, -0.25) is 4.79 Å². The lowest BCUT2D eigenvalue weighted by atomic mass is 10.1. The number of carbonyl (C=O) groups is 1. The maximum Gasteiger partial charge on any atom is 0.416 e. The van der Waals surface area contributed by atoms with Gasteiger partial charge < -0.3 is 14.4 Å². The van der Waals surface area contributed by atoms with Crippen LogP contribution in [0.1, 0.15) is 15.9 Å². The fourth-order valence-corrected chi connectivity index (χ4v) is 2.29. The van der Waals surface area contributed by atoms with Crippen LogP contribution in [0.25, 0.3) is 0 Å². The number of halogens is 3. The van der Waals surface area contributed by atoms with Crippen molar-refractivity contribution in [1.29, 1.82) is 0 Å². The van der Waals surface area contributed by atoms with E-state index in [2.05, 4.69) is 4.74 Å². The van der Waals surface area contributed by atoms with E-state index in [4.69, 9.17) is 4.74 Å². The molecule has 2 rings (SSSR count). The van der Waals surface area contributed by atoms with E-state index in [0.29, 0.717) is 5.75 Å². The zero-order valence-corrected chi connectivity index (χ0v) is 11.7. The molecule has 0 radical (unpaired) electrons. The molecule has 1 atom stereocenters. The zero-order chi connectivity index (χ0) is 15.6. The first-order valence-corrected chi connectivity index (χ1v) is 6.45. The Morgan fingerprint density at radius 1 is 1.43 bits per heavy atom. The predicted molar refractivity (Wildman–Crippen MR) is 69.4 cm³/mol. The molecule has 1 amide bonds. The van der Waals surface area contributed by atoms with Crippen molar-refractivity contribution in [3.05, 3.63) is 29.3 Å². The molecule has 0 aliphatic carbocycles. The molecule has 0 spiro atoms. The van der Waals surface area contributed by atoms with Crippen molar-refractivity contribution in [2.75, 3.05) is 26.8 Å². The van der Waals surface area contributed by atoms with E-state index in [1.54, 1.807) is 25.1 Å². The Balaban J connectivity index is 2.22. The number of ether oxygens (including phenoxy) is 2. The fourth-order valence-electron chi connectivity index (χ4n) is 2.29. The van der Waals surface area contributed by atoms with E-state index in [-0.39, 0.29) is 18.7 Å². The summed E-state index contributed by atoms with van der Waals surface area (Å²) in [5.41, 5.74) is 1.02. The van der Waals surface area contributed by atoms with Crippen molar-refractivity contribution in [1.82, 2.24) is 4.90 Å². The molecule has 1 aliphatic rings. The number of benzene rings is 1. The lowest BCUT2D eigenvalue weighted by Gasteiger charge is -2.34. The Labute approximate surface area is 120 Å². The number of methoxy groups -OCH3 is 1. The highest BCUT2D eigenvalue weighted by Gasteiger charge is 2.44. The fraction of sp³-hybridized carbons (Fsp3) is 0.500. The van der Waals surface area contributed by atoms with Crippen LogP contribution in [0, 0.1) is 6.92 Å². The second-order valence-corrected chi connectivity index (χ2v) is 4.81. The first-order valence-electron chi connectivity index (χ1n) is 6.45. The quantitative estimate of drug-likeness (QED) is 0.842. The first kappa shape index (κ1) is 15.6. The molecular formula is C14H16F3NO3. The molecule has 1 aromatic rings. The highest BCUT2D eigenvalue weighted by Crippen LogP contribution is 2.28. The summed E-state index contributed by atoms with van der Waals surface area (Å²) in [7, 11) is 1.43. The Morgan fingerprint density at radius 3 is 2.76 bits per heavy atom. The maximum atomic E-state index is 12.7. The number of carbonyl (C=O) groups excluding carboxylic acids is 1. The van der Waals surface area contributed by atoms with Gasteiger partial charge in [0.05, 0.1) is 25.8 Å². The summed E-state index contributed by atoms with van der Waals surface area (Å²) in [6, 6.07) is 4.99. The number of aryl methyl sites for hydroxylation is 1. The van der Waals surface area contributed by atoms with E-state index >= 15 is 0 Å². The number of hydrogen-bond donors (Lipinski definition) is 0. The summed E-state index contributed by atoms with van der Waals surface area (Å²) >= 11 is 0. The average molecular weight is 303 g/mol. The molecule has 1 unspecified atom stereocenters. The van der Waals surface area contributed by atoms with Crippen LogP contribution in [0.3, 0.4) is 0 Å². The van der Waals surface area contributed by atoms with Gasteiger partial charge in [0.15, 0.2) is 6.10 Å². The minimum atomic E-state index is -4.48. The highest BCUT2D eigenvalue weighted by molar-refractivity contribution is 5.97. The molecule has 0 bridgehead atoms. The van der Waals surface area contributed by atoms with Gasteiger partial charge in [0.25, 0.3) is 5.91 Å². The van der Waals surface area contributed by atoms with Crippen molar-refractivity contribution in [3.63, 3.8) is 0 Å². The Bertz CT molecular complexity index is 531. The molecular weight excluding hydrogens is 287 g/mol. The molecule has 116 valence electrons. The van der Waals surface area contributed by atoms with Gasteiger partial charge in [0.1, 0.15) is 5.75 Å². The molecule has 21 heavy (non-hydrogen) atoms. The van der Waals surface area contributed by atoms with Gasteiger partial charge in [-0.15, -0.1) is 0 Å². The van der Waals surface area contributed by atoms with Crippen LogP contribution >= 0.6 is 0 Å². The van der Waals surface area contributed by atoms with Crippen molar-refractivity contribution < 1.29 is 27.4 Å². The number of rotatable bonds is 2. The van der Waals surface area contributed by atoms with E-state index in [9.17, 15) is 18.0 Å². The summed E-state index contributed by atoms with van der Waals surface area (Å²) in [6.45, 7) is 1.26. The predicted octanol–water partition coefficient (Wildman–Crippen LogP) is 2.41. The summed E-state index contributed by atoms with van der Waals surface area (Å²) in [5.74, 6) is -0.0920. The largest absolute Gasteiger partial charge is 0.496 e. The molecule has 1 aliphatic heterocycles. The van der Waals surface area contributed by atoms with Crippen molar-refractivity contribution >= 4 is 5.91 Å². The van der Waals surface area contributed by atoms with Crippen molar-refractivity contribution in [2.45, 2.75) is 19.2 Å². The van der Waals surface area contributed by atoms with Crippen LogP contribution in [-0.2, 0) is 4.74 Å². The van der Waals surface area contributed by atoms with Gasteiger partial charge in [-0.1, -0.05) is 12.1 Å². The Kier molecular flexibility index (Phi) is 4.41. The maximum absolute atomic E-state index is 12.7. The first-order chi connectivity index (χ1) is 9.84. The minimum Gasteiger partial charge on any atom is -0.496 e. The molecule has 0 saturated carbocycles. The molecule has 0 aromatic heterocycles. The number of amides is 1. The van der Waals surface area contributed by atoms with E-state index in [1.807, 2.05) is 0 Å². The third-order valence-electron chi connectivity index (χ3n) is 3.37. The number of nitrogens with zero attached hydrogens (tertiary/aromatic N) is 1. The van der Waals surface area contributed by atoms with Gasteiger partial charge in [0.2, 0.25) is 0 Å². The Morgan fingerprint density at radius 2 is 2.14 bits per heavy atom. The summed E-state index contributed by atoms with van der Waals surface area (Å²) in [5, 5.41) is 0. The smallest absolute Gasteiger partial charge is 0.416 e. The molecule has 0 N–H and O–H groups in total. The second-order valence-electron chi connectivity index (χ2n) is 4.81. The minimum absolute atomic E-state index is 0.127. The van der Waals surface area contributed by atoms with Gasteiger partial charge in [-0.25, -0.2) is 0 Å². The Hall–Kier alpha value is -1.76. The van der Waals surface area contributed by atoms with E-state index < -0.39 is 24.7 Å². The van der Waals surface area contributed by atoms with E-state index in [1.165, 1.54) is 7.11 Å². The van der Waals surface area contributed by atoms with Gasteiger partial charge >= 0.3 is 6.18 Å². The van der Waals surface area contributed by atoms with Crippen LogP contribution in [0.4, 0.5) is 13.2 Å². The number of para-hydroxylation sites is 1. The van der Waals surface area contributed by atoms with Gasteiger partial charge in [-0.2, -0.15) is 13.2 Å². The zero-order valence-electron chi connectivity index (χ0n) is 11.7. The summed E-state index contributed by atoms with van der Waals surface area (Å²) in [6.07, 6.45) is -6.42. The van der Waals surface area contributed by atoms with Crippen LogP contribution in [0.2, 0.25) is 0 Å². The molecule has 1 fully saturated rings. The average Bonchev–Trinajstić information content (AvgIpc) is 2.45. The monoisotopic (exact) mass is 303 g/mol. The number of morpholine rings is 1. The van der Waals surface area contributed by atoms with Crippen LogP contribution in [0.15, 0.2) is 18.2 Å². The highest BCUT2D eigenvalue weighted by atomic mass is 19.4. The standard InChI is InChI=1S/C14H16F3NO3/c1-9-4-3-5-10(12(9)20-2)13(19)18-6-7-21-11(8-18)14(15,16)17/h3-5,11H,6-8H2,1-2H3. The second kappa shape index (κ2) is 5.93. The normalized spacial score (nSPS) is 19.5. The van der Waals surface area contributed by atoms with E-state index in [0.717, 1.165) is 10.5 Å². The number of hydrogen-bond acceptors (Lipinski definition) is 3. The number of alkyl halides is 3. The molecule has 1 aromatic carbocycles. The van der Waals surface area contributed by atoms with Gasteiger partial charge in [-0.05, 0) is 18.6 Å². The van der Waals surface area contributed by atoms with Crippen molar-refractivity contribution in [2.24, 2.45) is 0 Å². The lowest BCUT2D eigenvalue weighted by molar-refractivity contribution is -0.233. The topological polar surface area (TPSA) is 38.8 Å². The molecule has 4 nitrogen and oxygen atoms in total. The SMILES string of the molecule is COc1c(C)cccc1C(=O)N1CCOC(C(F)(F)F)C1.